The Balaban J connectivity index is 1.99. The van der Waals surface area contributed by atoms with E-state index in [1.165, 1.54) is 38.4 Å². The molecule has 1 heterocycles. The van der Waals surface area contributed by atoms with E-state index in [2.05, 4.69) is 17.7 Å². The summed E-state index contributed by atoms with van der Waals surface area (Å²) in [4.78, 5) is 11.4. The number of rotatable bonds is 7. The highest BCUT2D eigenvalue weighted by Gasteiger charge is 2.08. The molecule has 0 unspecified atom stereocenters. The Hall–Kier alpha value is -2.03. The Morgan fingerprint density at radius 1 is 1.14 bits per heavy atom. The van der Waals surface area contributed by atoms with E-state index in [9.17, 15) is 4.79 Å². The first-order chi connectivity index (χ1) is 10.2. The fourth-order valence-electron chi connectivity index (χ4n) is 2.30. The van der Waals surface area contributed by atoms with Crippen LogP contribution < -0.4 is 0 Å². The summed E-state index contributed by atoms with van der Waals surface area (Å²) in [6.45, 7) is 2.22. The van der Waals surface area contributed by atoms with E-state index < -0.39 is 0 Å². The second kappa shape index (κ2) is 7.67. The van der Waals surface area contributed by atoms with Gasteiger partial charge in [0.2, 0.25) is 0 Å². The fraction of sp³-hybridized carbons (Fsp3) is 0.389. The highest BCUT2D eigenvalue weighted by molar-refractivity contribution is 5.89. The standard InChI is InChI=1S/C18H22O3/c1-3-4-5-6-7-14-12-17(21-13-14)15-8-10-16(11-9-15)18(19)20-2/h8-13H,3-7H2,1-2H3. The van der Waals surface area contributed by atoms with Crippen molar-refractivity contribution in [3.63, 3.8) is 0 Å². The summed E-state index contributed by atoms with van der Waals surface area (Å²) in [5.74, 6) is 0.523. The largest absolute Gasteiger partial charge is 0.465 e. The summed E-state index contributed by atoms with van der Waals surface area (Å²) in [5, 5.41) is 0. The van der Waals surface area contributed by atoms with Gasteiger partial charge in [0, 0.05) is 5.56 Å². The molecule has 0 saturated heterocycles. The van der Waals surface area contributed by atoms with Gasteiger partial charge in [0.1, 0.15) is 5.76 Å². The van der Waals surface area contributed by atoms with Crippen LogP contribution in [0.2, 0.25) is 0 Å². The molecule has 0 amide bonds. The van der Waals surface area contributed by atoms with Crippen molar-refractivity contribution in [1.29, 1.82) is 0 Å². The number of carbonyl (C=O) groups is 1. The molecule has 0 fully saturated rings. The van der Waals surface area contributed by atoms with E-state index in [4.69, 9.17) is 4.42 Å². The molecule has 2 rings (SSSR count). The molecule has 3 heteroatoms. The van der Waals surface area contributed by atoms with Crippen LogP contribution in [0.3, 0.4) is 0 Å². The number of benzene rings is 1. The van der Waals surface area contributed by atoms with Gasteiger partial charge in [-0.25, -0.2) is 4.79 Å². The van der Waals surface area contributed by atoms with Gasteiger partial charge < -0.3 is 9.15 Å². The maximum Gasteiger partial charge on any atom is 0.337 e. The van der Waals surface area contributed by atoms with Gasteiger partial charge in [0.05, 0.1) is 18.9 Å². The van der Waals surface area contributed by atoms with Crippen LogP contribution in [0.5, 0.6) is 0 Å². The third kappa shape index (κ3) is 4.22. The summed E-state index contributed by atoms with van der Waals surface area (Å²) in [6, 6.07) is 9.35. The lowest BCUT2D eigenvalue weighted by Gasteiger charge is -2.00. The number of ether oxygens (including phenoxy) is 1. The molecule has 0 saturated carbocycles. The number of hydrogen-bond acceptors (Lipinski definition) is 3. The number of hydrogen-bond donors (Lipinski definition) is 0. The van der Waals surface area contributed by atoms with Crippen LogP contribution in [0.25, 0.3) is 11.3 Å². The van der Waals surface area contributed by atoms with Crippen LogP contribution in [-0.2, 0) is 11.2 Å². The monoisotopic (exact) mass is 286 g/mol. The second-order valence-corrected chi connectivity index (χ2v) is 5.20. The molecule has 1 aromatic carbocycles. The molecule has 0 aliphatic heterocycles. The SMILES string of the molecule is CCCCCCc1coc(-c2ccc(C(=O)OC)cc2)c1. The molecule has 21 heavy (non-hydrogen) atoms. The first-order valence-corrected chi connectivity index (χ1v) is 7.50. The Morgan fingerprint density at radius 3 is 2.57 bits per heavy atom. The Morgan fingerprint density at radius 2 is 1.90 bits per heavy atom. The van der Waals surface area contributed by atoms with Crippen molar-refractivity contribution in [1.82, 2.24) is 0 Å². The molecule has 0 spiro atoms. The van der Waals surface area contributed by atoms with Gasteiger partial charge in [-0.2, -0.15) is 0 Å². The van der Waals surface area contributed by atoms with Crippen LogP contribution in [0, 0.1) is 0 Å². The third-order valence-corrected chi connectivity index (χ3v) is 3.56. The lowest BCUT2D eigenvalue weighted by atomic mass is 10.1. The number of methoxy groups -OCH3 is 1. The van der Waals surface area contributed by atoms with E-state index >= 15 is 0 Å². The van der Waals surface area contributed by atoms with Gasteiger partial charge in [0.15, 0.2) is 0 Å². The maximum absolute atomic E-state index is 11.4. The smallest absolute Gasteiger partial charge is 0.337 e. The molecule has 0 N–H and O–H groups in total. The first-order valence-electron chi connectivity index (χ1n) is 7.50. The molecule has 1 aromatic heterocycles. The Kier molecular flexibility index (Phi) is 5.61. The second-order valence-electron chi connectivity index (χ2n) is 5.20. The molecular weight excluding hydrogens is 264 g/mol. The lowest BCUT2D eigenvalue weighted by Crippen LogP contribution is -2.00. The average molecular weight is 286 g/mol. The van der Waals surface area contributed by atoms with E-state index in [0.29, 0.717) is 5.56 Å². The number of esters is 1. The normalized spacial score (nSPS) is 10.6. The highest BCUT2D eigenvalue weighted by Crippen LogP contribution is 2.23. The molecule has 0 atom stereocenters. The molecule has 0 bridgehead atoms. The van der Waals surface area contributed by atoms with E-state index in [-0.39, 0.29) is 5.97 Å². The summed E-state index contributed by atoms with van der Waals surface area (Å²) < 4.78 is 10.3. The summed E-state index contributed by atoms with van der Waals surface area (Å²) >= 11 is 0. The van der Waals surface area contributed by atoms with Gasteiger partial charge in [-0.15, -0.1) is 0 Å². The van der Waals surface area contributed by atoms with Crippen LogP contribution >= 0.6 is 0 Å². The van der Waals surface area contributed by atoms with Gasteiger partial charge in [-0.3, -0.25) is 0 Å². The van der Waals surface area contributed by atoms with Gasteiger partial charge in [0.25, 0.3) is 0 Å². The van der Waals surface area contributed by atoms with Crippen LogP contribution in [0.15, 0.2) is 41.0 Å². The minimum absolute atomic E-state index is 0.322. The van der Waals surface area contributed by atoms with E-state index in [0.717, 1.165) is 17.7 Å². The van der Waals surface area contributed by atoms with Crippen LogP contribution in [0.1, 0.15) is 48.5 Å². The van der Waals surface area contributed by atoms with Crippen molar-refractivity contribution in [3.05, 3.63) is 47.7 Å². The summed E-state index contributed by atoms with van der Waals surface area (Å²) in [6.07, 6.45) is 7.90. The minimum Gasteiger partial charge on any atom is -0.465 e. The van der Waals surface area contributed by atoms with Crippen molar-refractivity contribution in [2.75, 3.05) is 7.11 Å². The predicted octanol–water partition coefficient (Wildman–Crippen LogP) is 4.86. The van der Waals surface area contributed by atoms with Gasteiger partial charge >= 0.3 is 5.97 Å². The maximum atomic E-state index is 11.4. The number of aryl methyl sites for hydroxylation is 1. The first kappa shape index (κ1) is 15.4. The molecule has 0 aliphatic rings. The van der Waals surface area contributed by atoms with E-state index in [1.54, 1.807) is 12.1 Å². The van der Waals surface area contributed by atoms with Crippen LogP contribution in [0.4, 0.5) is 0 Å². The molecular formula is C18H22O3. The topological polar surface area (TPSA) is 39.4 Å². The number of furan rings is 1. The fourth-order valence-corrected chi connectivity index (χ4v) is 2.30. The van der Waals surface area contributed by atoms with Crippen molar-refractivity contribution in [3.8, 4) is 11.3 Å². The molecule has 3 nitrogen and oxygen atoms in total. The zero-order chi connectivity index (χ0) is 15.1. The molecule has 0 aliphatic carbocycles. The highest BCUT2D eigenvalue weighted by atomic mass is 16.5. The summed E-state index contributed by atoms with van der Waals surface area (Å²) in [5.41, 5.74) is 2.76. The average Bonchev–Trinajstić information content (AvgIpc) is 3.00. The Labute approximate surface area is 125 Å². The third-order valence-electron chi connectivity index (χ3n) is 3.56. The van der Waals surface area contributed by atoms with Crippen molar-refractivity contribution in [2.24, 2.45) is 0 Å². The Bertz CT molecular complexity index is 566. The van der Waals surface area contributed by atoms with Crippen LogP contribution in [-0.4, -0.2) is 13.1 Å². The zero-order valence-corrected chi connectivity index (χ0v) is 12.7. The lowest BCUT2D eigenvalue weighted by molar-refractivity contribution is 0.0601. The van der Waals surface area contributed by atoms with Crippen molar-refractivity contribution in [2.45, 2.75) is 39.0 Å². The predicted molar refractivity (Wildman–Crippen MR) is 83.3 cm³/mol. The summed E-state index contributed by atoms with van der Waals surface area (Å²) in [7, 11) is 1.38. The van der Waals surface area contributed by atoms with Crippen molar-refractivity contribution >= 4 is 5.97 Å². The van der Waals surface area contributed by atoms with Gasteiger partial charge in [-0.1, -0.05) is 38.3 Å². The molecule has 112 valence electrons. The number of unbranched alkanes of at least 4 members (excludes halogenated alkanes) is 3. The molecule has 0 radical (unpaired) electrons. The zero-order valence-electron chi connectivity index (χ0n) is 12.7. The molecule has 2 aromatic rings. The van der Waals surface area contributed by atoms with E-state index in [1.807, 2.05) is 18.4 Å². The minimum atomic E-state index is -0.322. The number of carbonyl (C=O) groups excluding carboxylic acids is 1. The van der Waals surface area contributed by atoms with Crippen molar-refractivity contribution < 1.29 is 13.9 Å². The quantitative estimate of drug-likeness (QED) is 0.539. The van der Waals surface area contributed by atoms with Gasteiger partial charge in [-0.05, 0) is 36.6 Å².